The maximum absolute atomic E-state index is 14.1. The van der Waals surface area contributed by atoms with Crippen molar-refractivity contribution in [2.75, 3.05) is 5.75 Å². The van der Waals surface area contributed by atoms with Gasteiger partial charge >= 0.3 is 0 Å². The zero-order valence-electron chi connectivity index (χ0n) is 15.9. The summed E-state index contributed by atoms with van der Waals surface area (Å²) in [4.78, 5) is 28.4. The smallest absolute Gasteiger partial charge is 0.231 e. The molecular weight excluding hydrogens is 396 g/mol. The van der Waals surface area contributed by atoms with Crippen molar-refractivity contribution in [2.24, 2.45) is 7.05 Å². The minimum absolute atomic E-state index is 0.0293. The summed E-state index contributed by atoms with van der Waals surface area (Å²) in [5.74, 6) is -0.920. The zero-order chi connectivity index (χ0) is 21.0. The van der Waals surface area contributed by atoms with E-state index in [0.29, 0.717) is 11.4 Å². The summed E-state index contributed by atoms with van der Waals surface area (Å²) in [6.07, 6.45) is 3.36. The molecule has 0 aliphatic heterocycles. The normalized spacial score (nSPS) is 11.9. The van der Waals surface area contributed by atoms with E-state index >= 15 is 0 Å². The monoisotopic (exact) mass is 415 g/mol. The van der Waals surface area contributed by atoms with Crippen LogP contribution in [0, 0.1) is 11.6 Å². The van der Waals surface area contributed by atoms with Crippen LogP contribution in [0.1, 0.15) is 34.7 Å². The fraction of sp³-hybridized carbons (Fsp3) is 0.190. The van der Waals surface area contributed by atoms with Crippen LogP contribution in [0.25, 0.3) is 0 Å². The van der Waals surface area contributed by atoms with E-state index in [0.717, 1.165) is 17.8 Å². The van der Waals surface area contributed by atoms with Gasteiger partial charge in [0.05, 0.1) is 5.75 Å². The molecule has 8 heteroatoms. The van der Waals surface area contributed by atoms with Crippen LogP contribution >= 0.6 is 11.8 Å². The molecule has 0 fully saturated rings. The van der Waals surface area contributed by atoms with Crippen LogP contribution in [-0.2, 0) is 11.8 Å². The third kappa shape index (κ3) is 5.08. The molecule has 1 heterocycles. The Hall–Kier alpha value is -3.00. The predicted octanol–water partition coefficient (Wildman–Crippen LogP) is 3.90. The molecule has 0 bridgehead atoms. The molecule has 0 aliphatic carbocycles. The second-order valence-electron chi connectivity index (χ2n) is 6.44. The highest BCUT2D eigenvalue weighted by Crippen LogP contribution is 2.24. The second kappa shape index (κ2) is 9.00. The van der Waals surface area contributed by atoms with Crippen LogP contribution < -0.4 is 5.32 Å². The third-order valence-electron chi connectivity index (χ3n) is 4.32. The predicted molar refractivity (Wildman–Crippen MR) is 107 cm³/mol. The molecule has 1 unspecified atom stereocenters. The van der Waals surface area contributed by atoms with E-state index in [-0.39, 0.29) is 33.7 Å². The molecule has 29 heavy (non-hydrogen) atoms. The Morgan fingerprint density at radius 2 is 1.90 bits per heavy atom. The number of ketones is 1. The Morgan fingerprint density at radius 1 is 1.17 bits per heavy atom. The van der Waals surface area contributed by atoms with Gasteiger partial charge in [0.15, 0.2) is 5.78 Å². The van der Waals surface area contributed by atoms with E-state index in [2.05, 4.69) is 10.3 Å². The van der Waals surface area contributed by atoms with Crippen molar-refractivity contribution in [2.45, 2.75) is 17.9 Å². The number of aryl methyl sites for hydroxylation is 1. The van der Waals surface area contributed by atoms with E-state index in [1.807, 2.05) is 0 Å². The van der Waals surface area contributed by atoms with E-state index in [1.165, 1.54) is 31.2 Å². The Morgan fingerprint density at radius 3 is 2.48 bits per heavy atom. The second-order valence-corrected chi connectivity index (χ2v) is 7.46. The van der Waals surface area contributed by atoms with Gasteiger partial charge in [-0.15, -0.1) is 11.8 Å². The molecule has 3 aromatic rings. The number of benzene rings is 2. The molecule has 1 amide bonds. The van der Waals surface area contributed by atoms with Crippen LogP contribution in [0.3, 0.4) is 0 Å². The lowest BCUT2D eigenvalue weighted by atomic mass is 10.1. The first-order valence-corrected chi connectivity index (χ1v) is 9.79. The van der Waals surface area contributed by atoms with Crippen molar-refractivity contribution in [3.63, 3.8) is 0 Å². The molecule has 0 aliphatic rings. The summed E-state index contributed by atoms with van der Waals surface area (Å²) in [5.41, 5.74) is 0.957. The van der Waals surface area contributed by atoms with Gasteiger partial charge in [-0.25, -0.2) is 13.8 Å². The van der Waals surface area contributed by atoms with Gasteiger partial charge in [0.1, 0.15) is 23.5 Å². The Bertz CT molecular complexity index is 1030. The van der Waals surface area contributed by atoms with Crippen molar-refractivity contribution >= 4 is 23.5 Å². The van der Waals surface area contributed by atoms with Crippen LogP contribution in [0.4, 0.5) is 8.78 Å². The number of rotatable bonds is 7. The topological polar surface area (TPSA) is 64.0 Å². The third-order valence-corrected chi connectivity index (χ3v) is 5.37. The van der Waals surface area contributed by atoms with Gasteiger partial charge in [-0.1, -0.05) is 18.2 Å². The molecule has 0 saturated heterocycles. The SMILES string of the molecule is CC(=O)c1ccc(SCC(=O)NC(c2ccc(F)cc2)c2nccn2C)c(F)c1. The maximum Gasteiger partial charge on any atom is 0.231 e. The van der Waals surface area contributed by atoms with Crippen molar-refractivity contribution in [1.82, 2.24) is 14.9 Å². The van der Waals surface area contributed by atoms with Crippen molar-refractivity contribution < 1.29 is 18.4 Å². The molecule has 0 saturated carbocycles. The fourth-order valence-corrected chi connectivity index (χ4v) is 3.52. The first-order valence-electron chi connectivity index (χ1n) is 8.80. The van der Waals surface area contributed by atoms with Crippen LogP contribution in [-0.4, -0.2) is 27.0 Å². The average Bonchev–Trinajstić information content (AvgIpc) is 3.11. The Balaban J connectivity index is 1.73. The van der Waals surface area contributed by atoms with Crippen LogP contribution in [0.2, 0.25) is 0 Å². The molecule has 1 atom stereocenters. The number of thioether (sulfide) groups is 1. The molecule has 0 radical (unpaired) electrons. The lowest BCUT2D eigenvalue weighted by molar-refractivity contribution is -0.119. The van der Waals surface area contributed by atoms with Gasteiger partial charge in [-0.3, -0.25) is 9.59 Å². The molecule has 1 N–H and O–H groups in total. The Labute approximate surface area is 171 Å². The van der Waals surface area contributed by atoms with E-state index in [4.69, 9.17) is 0 Å². The summed E-state index contributed by atoms with van der Waals surface area (Å²) in [6.45, 7) is 1.36. The maximum atomic E-state index is 14.1. The number of aromatic nitrogens is 2. The minimum atomic E-state index is -0.575. The highest BCUT2D eigenvalue weighted by Gasteiger charge is 2.21. The standard InChI is InChI=1S/C21H19F2N3O2S/c1-13(27)15-5-8-18(17(23)11-15)29-12-19(28)25-20(21-24-9-10-26(21)2)14-3-6-16(22)7-4-14/h3-11,20H,12H2,1-2H3,(H,25,28). The Kier molecular flexibility index (Phi) is 6.43. The summed E-state index contributed by atoms with van der Waals surface area (Å²) in [5, 5.41) is 2.87. The first-order chi connectivity index (χ1) is 13.8. The number of hydrogen-bond donors (Lipinski definition) is 1. The molecule has 2 aromatic carbocycles. The quantitative estimate of drug-likeness (QED) is 0.470. The molecular formula is C21H19F2N3O2S. The van der Waals surface area contributed by atoms with E-state index in [1.54, 1.807) is 36.1 Å². The number of carbonyl (C=O) groups is 2. The number of imidazole rings is 1. The van der Waals surface area contributed by atoms with Gasteiger partial charge in [0, 0.05) is 29.9 Å². The van der Waals surface area contributed by atoms with Crippen molar-refractivity contribution in [1.29, 1.82) is 0 Å². The number of Topliss-reactive ketones (excluding diaryl/α,β-unsaturated/α-hetero) is 1. The van der Waals surface area contributed by atoms with Crippen LogP contribution in [0.5, 0.6) is 0 Å². The van der Waals surface area contributed by atoms with Gasteiger partial charge in [0.25, 0.3) is 0 Å². The number of nitrogens with one attached hydrogen (secondary N) is 1. The van der Waals surface area contributed by atoms with Gasteiger partial charge < -0.3 is 9.88 Å². The van der Waals surface area contributed by atoms with Gasteiger partial charge in [0.2, 0.25) is 5.91 Å². The summed E-state index contributed by atoms with van der Waals surface area (Å²) in [7, 11) is 1.80. The van der Waals surface area contributed by atoms with Crippen molar-refractivity contribution in [3.05, 3.63) is 83.4 Å². The largest absolute Gasteiger partial charge is 0.341 e. The van der Waals surface area contributed by atoms with Gasteiger partial charge in [-0.05, 0) is 36.8 Å². The van der Waals surface area contributed by atoms with Gasteiger partial charge in [-0.2, -0.15) is 0 Å². The average molecular weight is 415 g/mol. The van der Waals surface area contributed by atoms with Crippen molar-refractivity contribution in [3.8, 4) is 0 Å². The highest BCUT2D eigenvalue weighted by molar-refractivity contribution is 8.00. The lowest BCUT2D eigenvalue weighted by Crippen LogP contribution is -2.32. The number of nitrogens with zero attached hydrogens (tertiary/aromatic N) is 2. The molecule has 5 nitrogen and oxygen atoms in total. The summed E-state index contributed by atoms with van der Waals surface area (Å²) in [6, 6.07) is 9.41. The highest BCUT2D eigenvalue weighted by atomic mass is 32.2. The van der Waals surface area contributed by atoms with Crippen LogP contribution in [0.15, 0.2) is 59.8 Å². The molecule has 150 valence electrons. The number of amides is 1. The lowest BCUT2D eigenvalue weighted by Gasteiger charge is -2.19. The van der Waals surface area contributed by atoms with E-state index in [9.17, 15) is 18.4 Å². The minimum Gasteiger partial charge on any atom is -0.341 e. The number of halogens is 2. The zero-order valence-corrected chi connectivity index (χ0v) is 16.7. The molecule has 0 spiro atoms. The number of carbonyl (C=O) groups excluding carboxylic acids is 2. The number of hydrogen-bond acceptors (Lipinski definition) is 4. The summed E-state index contributed by atoms with van der Waals surface area (Å²) < 4.78 is 29.2. The summed E-state index contributed by atoms with van der Waals surface area (Å²) >= 11 is 1.03. The first kappa shape index (κ1) is 20.7. The molecule has 1 aromatic heterocycles. The fourth-order valence-electron chi connectivity index (χ4n) is 2.79. The van der Waals surface area contributed by atoms with E-state index < -0.39 is 11.9 Å². The molecule has 3 rings (SSSR count).